The molecule has 7 heteroatoms. The quantitative estimate of drug-likeness (QED) is 0.943. The summed E-state index contributed by atoms with van der Waals surface area (Å²) in [5.41, 5.74) is 0.671. The lowest BCUT2D eigenvalue weighted by Crippen LogP contribution is -2.18. The minimum absolute atomic E-state index is 0.00921. The Kier molecular flexibility index (Phi) is 3.80. The molecule has 0 aliphatic carbocycles. The van der Waals surface area contributed by atoms with Crippen molar-refractivity contribution >= 4 is 15.8 Å². The molecule has 1 aromatic heterocycles. The van der Waals surface area contributed by atoms with Crippen LogP contribution >= 0.6 is 0 Å². The summed E-state index contributed by atoms with van der Waals surface area (Å²) in [5.74, 6) is -0.473. The number of nitrogens with zero attached hydrogens (tertiary/aromatic N) is 2. The van der Waals surface area contributed by atoms with E-state index in [0.717, 1.165) is 6.07 Å². The minimum Gasteiger partial charge on any atom is -0.263 e. The summed E-state index contributed by atoms with van der Waals surface area (Å²) in [6.45, 7) is 5.45. The average molecular weight is 297 g/mol. The van der Waals surface area contributed by atoms with Gasteiger partial charge in [0.05, 0.1) is 6.20 Å². The van der Waals surface area contributed by atoms with Gasteiger partial charge in [-0.1, -0.05) is 6.07 Å². The summed E-state index contributed by atoms with van der Waals surface area (Å²) in [6, 6.07) is 5.49. The third kappa shape index (κ3) is 2.82. The lowest BCUT2D eigenvalue weighted by molar-refractivity contribution is 0.538. The van der Waals surface area contributed by atoms with Gasteiger partial charge in [0, 0.05) is 12.1 Å². The molecular formula is C13H16FN3O2S. The largest absolute Gasteiger partial charge is 0.265 e. The van der Waals surface area contributed by atoms with Crippen molar-refractivity contribution in [3.05, 3.63) is 41.8 Å². The summed E-state index contributed by atoms with van der Waals surface area (Å²) in [5, 5.41) is 4.03. The predicted molar refractivity (Wildman–Crippen MR) is 74.6 cm³/mol. The SMILES string of the molecule is Cc1ccc(F)c(S(=O)(=O)Nc2ccnn2C(C)C)c1. The maximum Gasteiger partial charge on any atom is 0.265 e. The van der Waals surface area contributed by atoms with Crippen LogP contribution in [0.25, 0.3) is 0 Å². The fourth-order valence-electron chi connectivity index (χ4n) is 1.82. The zero-order chi connectivity index (χ0) is 14.9. The molecule has 2 aromatic rings. The highest BCUT2D eigenvalue weighted by atomic mass is 32.2. The Labute approximate surface area is 117 Å². The maximum atomic E-state index is 13.7. The van der Waals surface area contributed by atoms with Crippen molar-refractivity contribution in [1.29, 1.82) is 0 Å². The fourth-order valence-corrected chi connectivity index (χ4v) is 3.03. The van der Waals surface area contributed by atoms with E-state index in [1.54, 1.807) is 6.92 Å². The van der Waals surface area contributed by atoms with Crippen molar-refractivity contribution in [1.82, 2.24) is 9.78 Å². The first kappa shape index (κ1) is 14.5. The number of benzene rings is 1. The van der Waals surface area contributed by atoms with Crippen molar-refractivity contribution in [3.8, 4) is 0 Å². The zero-order valence-corrected chi connectivity index (χ0v) is 12.3. The molecule has 0 amide bonds. The molecular weight excluding hydrogens is 281 g/mol. The molecule has 2 rings (SSSR count). The van der Waals surface area contributed by atoms with Crippen LogP contribution in [0.2, 0.25) is 0 Å². The number of hydrogen-bond acceptors (Lipinski definition) is 3. The molecule has 0 atom stereocenters. The topological polar surface area (TPSA) is 64.0 Å². The van der Waals surface area contributed by atoms with Crippen molar-refractivity contribution in [2.45, 2.75) is 31.7 Å². The summed E-state index contributed by atoms with van der Waals surface area (Å²) < 4.78 is 42.1. The molecule has 0 bridgehead atoms. The van der Waals surface area contributed by atoms with Gasteiger partial charge >= 0.3 is 0 Å². The normalized spacial score (nSPS) is 11.8. The van der Waals surface area contributed by atoms with Crippen LogP contribution in [-0.4, -0.2) is 18.2 Å². The second-order valence-electron chi connectivity index (χ2n) is 4.79. The lowest BCUT2D eigenvalue weighted by atomic mass is 10.2. The second kappa shape index (κ2) is 5.24. The smallest absolute Gasteiger partial charge is 0.263 e. The number of aromatic nitrogens is 2. The lowest BCUT2D eigenvalue weighted by Gasteiger charge is -2.13. The second-order valence-corrected chi connectivity index (χ2v) is 6.44. The van der Waals surface area contributed by atoms with Gasteiger partial charge in [-0.15, -0.1) is 0 Å². The highest BCUT2D eigenvalue weighted by Gasteiger charge is 2.21. The third-order valence-electron chi connectivity index (χ3n) is 2.77. The average Bonchev–Trinajstić information content (AvgIpc) is 2.79. The van der Waals surface area contributed by atoms with Crippen molar-refractivity contribution in [2.24, 2.45) is 0 Å². The van der Waals surface area contributed by atoms with Crippen LogP contribution in [-0.2, 0) is 10.0 Å². The molecule has 0 unspecified atom stereocenters. The van der Waals surface area contributed by atoms with E-state index < -0.39 is 15.8 Å². The van der Waals surface area contributed by atoms with Crippen molar-refractivity contribution < 1.29 is 12.8 Å². The molecule has 0 spiro atoms. The van der Waals surface area contributed by atoms with Gasteiger partial charge in [0.2, 0.25) is 0 Å². The van der Waals surface area contributed by atoms with Gasteiger partial charge < -0.3 is 0 Å². The van der Waals surface area contributed by atoms with Gasteiger partial charge in [-0.05, 0) is 38.5 Å². The molecule has 0 saturated heterocycles. The first-order chi connectivity index (χ1) is 9.31. The molecule has 1 N–H and O–H groups in total. The minimum atomic E-state index is -3.98. The van der Waals surface area contributed by atoms with Crippen LogP contribution in [0.3, 0.4) is 0 Å². The van der Waals surface area contributed by atoms with Gasteiger partial charge in [0.1, 0.15) is 16.5 Å². The summed E-state index contributed by atoms with van der Waals surface area (Å²) in [7, 11) is -3.98. The van der Waals surface area contributed by atoms with Crippen LogP contribution in [0.4, 0.5) is 10.2 Å². The van der Waals surface area contributed by atoms with Crippen molar-refractivity contribution in [2.75, 3.05) is 4.72 Å². The molecule has 0 saturated carbocycles. The van der Waals surface area contributed by atoms with E-state index in [0.29, 0.717) is 11.4 Å². The Bertz CT molecular complexity index is 723. The van der Waals surface area contributed by atoms with E-state index in [1.165, 1.54) is 29.1 Å². The Morgan fingerprint density at radius 2 is 2.00 bits per heavy atom. The number of nitrogens with one attached hydrogen (secondary N) is 1. The molecule has 1 aromatic carbocycles. The third-order valence-corrected chi connectivity index (χ3v) is 4.14. The number of hydrogen-bond donors (Lipinski definition) is 1. The van der Waals surface area contributed by atoms with E-state index >= 15 is 0 Å². The van der Waals surface area contributed by atoms with Gasteiger partial charge in [0.25, 0.3) is 10.0 Å². The molecule has 0 aliphatic rings. The van der Waals surface area contributed by atoms with E-state index in [1.807, 2.05) is 13.8 Å². The van der Waals surface area contributed by atoms with Gasteiger partial charge in [-0.3, -0.25) is 4.72 Å². The molecule has 0 fully saturated rings. The number of aryl methyl sites for hydroxylation is 1. The number of sulfonamides is 1. The van der Waals surface area contributed by atoms with Crippen LogP contribution < -0.4 is 4.72 Å². The summed E-state index contributed by atoms with van der Waals surface area (Å²) in [6.07, 6.45) is 1.49. The molecule has 1 heterocycles. The van der Waals surface area contributed by atoms with Gasteiger partial charge in [0.15, 0.2) is 0 Å². The van der Waals surface area contributed by atoms with E-state index in [9.17, 15) is 12.8 Å². The Morgan fingerprint density at radius 3 is 2.65 bits per heavy atom. The fraction of sp³-hybridized carbons (Fsp3) is 0.308. The highest BCUT2D eigenvalue weighted by molar-refractivity contribution is 7.92. The predicted octanol–water partition coefficient (Wildman–Crippen LogP) is 2.71. The molecule has 0 aliphatic heterocycles. The monoisotopic (exact) mass is 297 g/mol. The van der Waals surface area contributed by atoms with E-state index in [4.69, 9.17) is 0 Å². The zero-order valence-electron chi connectivity index (χ0n) is 11.5. The van der Waals surface area contributed by atoms with Crippen LogP contribution in [0.5, 0.6) is 0 Å². The first-order valence-corrected chi connectivity index (χ1v) is 7.62. The van der Waals surface area contributed by atoms with E-state index in [2.05, 4.69) is 9.82 Å². The van der Waals surface area contributed by atoms with Crippen LogP contribution in [0.15, 0.2) is 35.4 Å². The standard InChI is InChI=1S/C13H16FN3O2S/c1-9(2)17-13(6-7-15-17)16-20(18,19)12-8-10(3)4-5-11(12)14/h4-9,16H,1-3H3. The molecule has 20 heavy (non-hydrogen) atoms. The molecule has 108 valence electrons. The maximum absolute atomic E-state index is 13.7. The molecule has 0 radical (unpaired) electrons. The van der Waals surface area contributed by atoms with Gasteiger partial charge in [-0.2, -0.15) is 5.10 Å². The highest BCUT2D eigenvalue weighted by Crippen LogP contribution is 2.21. The number of anilines is 1. The van der Waals surface area contributed by atoms with Crippen molar-refractivity contribution in [3.63, 3.8) is 0 Å². The first-order valence-electron chi connectivity index (χ1n) is 6.14. The van der Waals surface area contributed by atoms with Gasteiger partial charge in [-0.25, -0.2) is 17.5 Å². The number of halogens is 1. The van der Waals surface area contributed by atoms with E-state index in [-0.39, 0.29) is 10.9 Å². The molecule has 5 nitrogen and oxygen atoms in total. The van der Waals surface area contributed by atoms with Crippen LogP contribution in [0.1, 0.15) is 25.5 Å². The Hall–Kier alpha value is -1.89. The number of rotatable bonds is 4. The van der Waals surface area contributed by atoms with Crippen LogP contribution in [0, 0.1) is 12.7 Å². The Balaban J connectivity index is 2.41. The summed E-state index contributed by atoms with van der Waals surface area (Å²) >= 11 is 0. The Morgan fingerprint density at radius 1 is 1.30 bits per heavy atom. The summed E-state index contributed by atoms with van der Waals surface area (Å²) in [4.78, 5) is -0.367.